The Morgan fingerprint density at radius 1 is 0.951 bits per heavy atom. The highest BCUT2D eigenvalue weighted by atomic mass is 19.1. The lowest BCUT2D eigenvalue weighted by Crippen LogP contribution is -2.76. The Morgan fingerprint density at radius 2 is 1.63 bits per heavy atom. The molecule has 41 heavy (non-hydrogen) atoms. The minimum absolute atomic E-state index is 0.0368. The summed E-state index contributed by atoms with van der Waals surface area (Å²) in [6.07, 6.45) is 0.272. The Morgan fingerprint density at radius 3 is 2.32 bits per heavy atom. The fourth-order valence-corrected chi connectivity index (χ4v) is 5.46. The number of carbonyl (C=O) groups excluding carboxylic acids is 3. The Balaban J connectivity index is 1.39. The van der Waals surface area contributed by atoms with Gasteiger partial charge < -0.3 is 19.9 Å². The van der Waals surface area contributed by atoms with E-state index in [2.05, 4.69) is 5.32 Å². The van der Waals surface area contributed by atoms with Gasteiger partial charge in [0, 0.05) is 26.6 Å². The molecule has 4 amide bonds. The highest BCUT2D eigenvalue weighted by Crippen LogP contribution is 2.28. The quantitative estimate of drug-likeness (QED) is 0.459. The smallest absolute Gasteiger partial charge is 0.334 e. The fourth-order valence-electron chi connectivity index (χ4n) is 5.46. The van der Waals surface area contributed by atoms with Crippen LogP contribution in [0.1, 0.15) is 16.7 Å². The van der Waals surface area contributed by atoms with Gasteiger partial charge in [0.15, 0.2) is 0 Å². The van der Waals surface area contributed by atoms with Crippen LogP contribution in [-0.2, 0) is 29.0 Å². The van der Waals surface area contributed by atoms with Crippen molar-refractivity contribution < 1.29 is 23.5 Å². The number of fused-ring (bicyclic) bond motifs is 1. The van der Waals surface area contributed by atoms with Gasteiger partial charge in [-0.1, -0.05) is 54.6 Å². The van der Waals surface area contributed by atoms with Crippen molar-refractivity contribution in [2.45, 2.75) is 31.6 Å². The maximum absolute atomic E-state index is 13.9. The number of carbonyl (C=O) groups is 3. The monoisotopic (exact) mass is 559 g/mol. The van der Waals surface area contributed by atoms with Gasteiger partial charge in [0.05, 0.1) is 20.2 Å². The number of nitrogens with one attached hydrogen (secondary N) is 1. The Kier molecular flexibility index (Phi) is 8.49. The van der Waals surface area contributed by atoms with E-state index < -0.39 is 18.2 Å². The zero-order chi connectivity index (χ0) is 28.9. The lowest BCUT2D eigenvalue weighted by Gasteiger charge is -2.54. The summed E-state index contributed by atoms with van der Waals surface area (Å²) in [6, 6.07) is 22.1. The molecular weight excluding hydrogens is 525 g/mol. The van der Waals surface area contributed by atoms with E-state index in [1.54, 1.807) is 41.1 Å². The highest BCUT2D eigenvalue weighted by molar-refractivity contribution is 5.91. The van der Waals surface area contributed by atoms with Crippen molar-refractivity contribution in [2.75, 3.05) is 33.8 Å². The molecule has 0 unspecified atom stereocenters. The molecule has 2 aliphatic rings. The molecule has 2 saturated heterocycles. The van der Waals surface area contributed by atoms with Crippen LogP contribution in [0.15, 0.2) is 78.9 Å². The molecule has 214 valence electrons. The summed E-state index contributed by atoms with van der Waals surface area (Å²) in [5.74, 6) is 0.0656. The van der Waals surface area contributed by atoms with Crippen molar-refractivity contribution >= 4 is 17.8 Å². The minimum atomic E-state index is -0.749. The number of ether oxygens (including phenoxy) is 1. The molecule has 2 atom stereocenters. The third kappa shape index (κ3) is 6.33. The maximum Gasteiger partial charge on any atom is 0.334 e. The largest absolute Gasteiger partial charge is 0.497 e. The molecule has 2 aliphatic heterocycles. The van der Waals surface area contributed by atoms with Gasteiger partial charge in [0.2, 0.25) is 11.8 Å². The number of urea groups is 1. The lowest BCUT2D eigenvalue weighted by molar-refractivity contribution is -0.186. The number of benzene rings is 3. The van der Waals surface area contributed by atoms with E-state index in [0.29, 0.717) is 19.4 Å². The number of rotatable bonds is 8. The Hall–Kier alpha value is -4.44. The van der Waals surface area contributed by atoms with Crippen molar-refractivity contribution in [3.63, 3.8) is 0 Å². The van der Waals surface area contributed by atoms with Gasteiger partial charge in [-0.3, -0.25) is 9.59 Å². The van der Waals surface area contributed by atoms with Crippen LogP contribution < -0.4 is 10.1 Å². The summed E-state index contributed by atoms with van der Waals surface area (Å²) in [6.45, 7) is 0.770. The predicted octanol–water partition coefficient (Wildman–Crippen LogP) is 3.06. The second kappa shape index (κ2) is 12.4. The fraction of sp³-hybridized carbons (Fsp3) is 0.323. The zero-order valence-electron chi connectivity index (χ0n) is 23.2. The van der Waals surface area contributed by atoms with Gasteiger partial charge in [0.25, 0.3) is 0 Å². The third-order valence-electron chi connectivity index (χ3n) is 7.61. The van der Waals surface area contributed by atoms with Crippen LogP contribution in [0.25, 0.3) is 0 Å². The Bertz CT molecular complexity index is 1370. The number of hydrazine groups is 1. The first-order chi connectivity index (χ1) is 19.8. The van der Waals surface area contributed by atoms with Gasteiger partial charge in [0.1, 0.15) is 23.8 Å². The molecule has 0 aromatic heterocycles. The van der Waals surface area contributed by atoms with E-state index in [-0.39, 0.29) is 37.3 Å². The molecule has 9 nitrogen and oxygen atoms in total. The predicted molar refractivity (Wildman–Crippen MR) is 151 cm³/mol. The second-order valence-electron chi connectivity index (χ2n) is 10.3. The van der Waals surface area contributed by atoms with E-state index in [1.165, 1.54) is 17.1 Å². The minimum Gasteiger partial charge on any atom is -0.497 e. The first kappa shape index (κ1) is 28.1. The standard InChI is InChI=1S/C31H34FN5O4/c1-34-21-29(38)36-27(18-23-6-4-3-5-7-23)30(39)35(17-16-22-10-14-26(41-2)15-11-22)20-28(36)37(34)31(40)33-19-24-8-12-25(32)13-9-24/h3-15,27-28H,16-21H2,1-2H3,(H,33,40)/t27-,28-/m0/s1. The average molecular weight is 560 g/mol. The van der Waals surface area contributed by atoms with Crippen LogP contribution in [0.4, 0.5) is 9.18 Å². The Labute approximate surface area is 239 Å². The molecule has 10 heteroatoms. The van der Waals surface area contributed by atoms with Gasteiger partial charge in [-0.2, -0.15) is 0 Å². The number of piperazine rings is 1. The van der Waals surface area contributed by atoms with E-state index in [9.17, 15) is 18.8 Å². The number of methoxy groups -OCH3 is 1. The van der Waals surface area contributed by atoms with E-state index in [1.807, 2.05) is 54.6 Å². The molecule has 3 aromatic rings. The number of nitrogens with zero attached hydrogens (tertiary/aromatic N) is 4. The molecular formula is C31H34FN5O4. The number of amides is 4. The van der Waals surface area contributed by atoms with Crippen molar-refractivity contribution in [1.29, 1.82) is 0 Å². The lowest BCUT2D eigenvalue weighted by atomic mass is 9.98. The van der Waals surface area contributed by atoms with Crippen LogP contribution in [0.5, 0.6) is 5.75 Å². The second-order valence-corrected chi connectivity index (χ2v) is 10.3. The van der Waals surface area contributed by atoms with Gasteiger partial charge in [-0.05, 0) is 47.4 Å². The third-order valence-corrected chi connectivity index (χ3v) is 7.61. The summed E-state index contributed by atoms with van der Waals surface area (Å²) >= 11 is 0. The van der Waals surface area contributed by atoms with E-state index in [4.69, 9.17) is 4.74 Å². The highest BCUT2D eigenvalue weighted by Gasteiger charge is 2.50. The van der Waals surface area contributed by atoms with Gasteiger partial charge >= 0.3 is 6.03 Å². The summed E-state index contributed by atoms with van der Waals surface area (Å²) in [7, 11) is 3.31. The molecule has 0 saturated carbocycles. The maximum atomic E-state index is 13.9. The molecule has 2 heterocycles. The summed E-state index contributed by atoms with van der Waals surface area (Å²) < 4.78 is 18.6. The molecule has 0 bridgehead atoms. The first-order valence-electron chi connectivity index (χ1n) is 13.6. The number of halogens is 1. The molecule has 2 fully saturated rings. The number of hydrogen-bond acceptors (Lipinski definition) is 5. The molecule has 0 spiro atoms. The van der Waals surface area contributed by atoms with Gasteiger partial charge in [-0.25, -0.2) is 19.2 Å². The zero-order valence-corrected chi connectivity index (χ0v) is 23.2. The van der Waals surface area contributed by atoms with E-state index >= 15 is 0 Å². The van der Waals surface area contributed by atoms with Crippen LogP contribution >= 0.6 is 0 Å². The molecule has 5 rings (SSSR count). The van der Waals surface area contributed by atoms with Crippen molar-refractivity contribution in [3.05, 3.63) is 101 Å². The van der Waals surface area contributed by atoms with Crippen LogP contribution in [0, 0.1) is 5.82 Å². The van der Waals surface area contributed by atoms with E-state index in [0.717, 1.165) is 22.4 Å². The summed E-state index contributed by atoms with van der Waals surface area (Å²) in [5, 5.41) is 6.02. The van der Waals surface area contributed by atoms with Crippen molar-refractivity contribution in [2.24, 2.45) is 0 Å². The number of likely N-dealkylation sites (N-methyl/N-ethyl adjacent to an activating group) is 1. The van der Waals surface area contributed by atoms with Crippen molar-refractivity contribution in [1.82, 2.24) is 25.1 Å². The van der Waals surface area contributed by atoms with Crippen LogP contribution in [0.2, 0.25) is 0 Å². The number of hydrogen-bond donors (Lipinski definition) is 1. The summed E-state index contributed by atoms with van der Waals surface area (Å²) in [4.78, 5) is 44.2. The topological polar surface area (TPSA) is 85.4 Å². The van der Waals surface area contributed by atoms with Crippen LogP contribution in [-0.4, -0.2) is 83.7 Å². The van der Waals surface area contributed by atoms with Crippen molar-refractivity contribution in [3.8, 4) is 5.75 Å². The summed E-state index contributed by atoms with van der Waals surface area (Å²) in [5.41, 5.74) is 2.72. The molecule has 1 N–H and O–H groups in total. The van der Waals surface area contributed by atoms with Crippen LogP contribution in [0.3, 0.4) is 0 Å². The molecule has 3 aromatic carbocycles. The van der Waals surface area contributed by atoms with Gasteiger partial charge in [-0.15, -0.1) is 0 Å². The first-order valence-corrected chi connectivity index (χ1v) is 13.6. The average Bonchev–Trinajstić information content (AvgIpc) is 2.98. The normalized spacial score (nSPS) is 19.2. The molecule has 0 radical (unpaired) electrons. The molecule has 0 aliphatic carbocycles. The SMILES string of the molecule is COc1ccc(CCN2C[C@H]3N(C(=O)CN(C)N3C(=O)NCc3ccc(F)cc3)[C@@H](Cc3ccccc3)C2=O)cc1.